The summed E-state index contributed by atoms with van der Waals surface area (Å²) in [6.45, 7) is 0.142. The zero-order chi connectivity index (χ0) is 13.8. The average Bonchev–Trinajstić information content (AvgIpc) is 2.93. The number of amides is 1. The molecule has 0 unspecified atom stereocenters. The van der Waals surface area contributed by atoms with Crippen LogP contribution in [0.2, 0.25) is 5.02 Å². The predicted octanol–water partition coefficient (Wildman–Crippen LogP) is 1.81. The van der Waals surface area contributed by atoms with Crippen molar-refractivity contribution in [2.45, 2.75) is 25.0 Å². The van der Waals surface area contributed by atoms with Gasteiger partial charge in [-0.2, -0.15) is 0 Å². The lowest BCUT2D eigenvalue weighted by atomic mass is 10.1. The molecule has 1 aromatic carbocycles. The van der Waals surface area contributed by atoms with E-state index in [-0.39, 0.29) is 16.5 Å². The van der Waals surface area contributed by atoms with Gasteiger partial charge in [-0.3, -0.25) is 4.79 Å². The average molecular weight is 288 g/mol. The van der Waals surface area contributed by atoms with Crippen LogP contribution in [0.15, 0.2) is 18.2 Å². The predicted molar refractivity (Wildman–Crippen MR) is 68.4 cm³/mol. The van der Waals surface area contributed by atoms with Gasteiger partial charge in [0.2, 0.25) is 5.91 Å². The zero-order valence-corrected chi connectivity index (χ0v) is 11.0. The lowest BCUT2D eigenvalue weighted by molar-refractivity contribution is -0.131. The lowest BCUT2D eigenvalue weighted by Gasteiger charge is -2.19. The van der Waals surface area contributed by atoms with Gasteiger partial charge in [0.05, 0.1) is 17.7 Å². The molecule has 0 spiro atoms. The van der Waals surface area contributed by atoms with Crippen molar-refractivity contribution in [3.05, 3.63) is 34.6 Å². The molecule has 0 aliphatic carbocycles. The maximum atomic E-state index is 13.8. The van der Waals surface area contributed by atoms with Crippen LogP contribution in [0.3, 0.4) is 0 Å². The second-order valence-corrected chi connectivity index (χ2v) is 4.80. The number of carbonyl (C=O) groups is 1. The number of benzene rings is 1. The Balaban J connectivity index is 2.11. The molecule has 2 atom stereocenters. The van der Waals surface area contributed by atoms with Crippen LogP contribution in [0.4, 0.5) is 4.39 Å². The first kappa shape index (κ1) is 14.2. The van der Waals surface area contributed by atoms with E-state index in [0.29, 0.717) is 13.0 Å². The number of aliphatic hydroxyl groups excluding tert-OH is 1. The topological polar surface area (TPSA) is 58.6 Å². The number of ether oxygens (including phenoxy) is 1. The third kappa shape index (κ3) is 3.23. The van der Waals surface area contributed by atoms with Gasteiger partial charge < -0.3 is 15.2 Å². The first-order valence-electron chi connectivity index (χ1n) is 6.10. The molecule has 0 bridgehead atoms. The van der Waals surface area contributed by atoms with Gasteiger partial charge in [0.1, 0.15) is 11.9 Å². The summed E-state index contributed by atoms with van der Waals surface area (Å²) in [6, 6.07) is 3.64. The van der Waals surface area contributed by atoms with Crippen molar-refractivity contribution in [1.82, 2.24) is 5.32 Å². The van der Waals surface area contributed by atoms with Crippen LogP contribution < -0.4 is 5.32 Å². The largest absolute Gasteiger partial charge is 0.394 e. The fourth-order valence-corrected chi connectivity index (χ4v) is 2.24. The van der Waals surface area contributed by atoms with Crippen molar-refractivity contribution >= 4 is 17.5 Å². The second kappa shape index (κ2) is 6.32. The van der Waals surface area contributed by atoms with E-state index in [1.54, 1.807) is 6.07 Å². The number of aliphatic hydroxyl groups is 1. The van der Waals surface area contributed by atoms with E-state index in [4.69, 9.17) is 16.3 Å². The standard InChI is InChI=1S/C13H15ClFNO3/c14-9-4-1-3-8(12(9)15)10(7-17)16-13(18)11-5-2-6-19-11/h1,3-4,10-11,17H,2,5-7H2,(H,16,18)/t10-,11+/m1/s1. The second-order valence-electron chi connectivity index (χ2n) is 4.39. The lowest BCUT2D eigenvalue weighted by Crippen LogP contribution is -2.38. The van der Waals surface area contributed by atoms with Crippen molar-refractivity contribution in [3.63, 3.8) is 0 Å². The molecule has 2 N–H and O–H groups in total. The zero-order valence-electron chi connectivity index (χ0n) is 10.2. The fourth-order valence-electron chi connectivity index (χ4n) is 2.06. The highest BCUT2D eigenvalue weighted by Crippen LogP contribution is 2.24. The normalized spacial score (nSPS) is 20.3. The first-order valence-corrected chi connectivity index (χ1v) is 6.48. The van der Waals surface area contributed by atoms with Gasteiger partial charge in [0.15, 0.2) is 0 Å². The van der Waals surface area contributed by atoms with E-state index in [9.17, 15) is 14.3 Å². The van der Waals surface area contributed by atoms with Gasteiger partial charge in [-0.25, -0.2) is 4.39 Å². The van der Waals surface area contributed by atoms with Crippen LogP contribution in [0.1, 0.15) is 24.4 Å². The van der Waals surface area contributed by atoms with Crippen molar-refractivity contribution in [2.75, 3.05) is 13.2 Å². The first-order chi connectivity index (χ1) is 9.13. The number of halogens is 2. The van der Waals surface area contributed by atoms with Crippen LogP contribution in [0.5, 0.6) is 0 Å². The number of hydrogen-bond donors (Lipinski definition) is 2. The molecule has 6 heteroatoms. The molecular weight excluding hydrogens is 273 g/mol. The van der Waals surface area contributed by atoms with Gasteiger partial charge in [0.25, 0.3) is 0 Å². The van der Waals surface area contributed by atoms with E-state index in [0.717, 1.165) is 6.42 Å². The molecule has 19 heavy (non-hydrogen) atoms. The van der Waals surface area contributed by atoms with Gasteiger partial charge >= 0.3 is 0 Å². The van der Waals surface area contributed by atoms with Crippen LogP contribution in [-0.4, -0.2) is 30.3 Å². The van der Waals surface area contributed by atoms with E-state index in [2.05, 4.69) is 5.32 Å². The summed E-state index contributed by atoms with van der Waals surface area (Å²) < 4.78 is 19.1. The third-order valence-corrected chi connectivity index (χ3v) is 3.37. The molecule has 0 radical (unpaired) electrons. The minimum absolute atomic E-state index is 0.0395. The Bertz CT molecular complexity index is 463. The summed E-state index contributed by atoms with van der Waals surface area (Å²) >= 11 is 5.68. The van der Waals surface area contributed by atoms with Crippen molar-refractivity contribution in [3.8, 4) is 0 Å². The molecule has 1 aromatic rings. The minimum atomic E-state index is -0.824. The molecule has 1 heterocycles. The highest BCUT2D eigenvalue weighted by Gasteiger charge is 2.27. The SMILES string of the molecule is O=C(N[C@H](CO)c1cccc(Cl)c1F)[C@@H]1CCCO1. The molecule has 4 nitrogen and oxygen atoms in total. The van der Waals surface area contributed by atoms with Crippen molar-refractivity contribution in [2.24, 2.45) is 0 Å². The van der Waals surface area contributed by atoms with E-state index in [1.807, 2.05) is 0 Å². The molecule has 1 amide bonds. The molecule has 1 aliphatic heterocycles. The highest BCUT2D eigenvalue weighted by molar-refractivity contribution is 6.30. The molecular formula is C13H15ClFNO3. The van der Waals surface area contributed by atoms with Crippen LogP contribution in [-0.2, 0) is 9.53 Å². The van der Waals surface area contributed by atoms with E-state index >= 15 is 0 Å². The Morgan fingerprint density at radius 3 is 3.05 bits per heavy atom. The van der Waals surface area contributed by atoms with Crippen LogP contribution in [0, 0.1) is 5.82 Å². The van der Waals surface area contributed by atoms with E-state index < -0.39 is 24.6 Å². The summed E-state index contributed by atoms with van der Waals surface area (Å²) in [7, 11) is 0. The number of rotatable bonds is 4. The summed E-state index contributed by atoms with van der Waals surface area (Å²) in [6.07, 6.45) is 0.950. The van der Waals surface area contributed by atoms with E-state index in [1.165, 1.54) is 12.1 Å². The molecule has 2 rings (SSSR count). The Morgan fingerprint density at radius 2 is 2.42 bits per heavy atom. The quantitative estimate of drug-likeness (QED) is 0.888. The highest BCUT2D eigenvalue weighted by atomic mass is 35.5. The maximum absolute atomic E-state index is 13.8. The molecule has 104 valence electrons. The maximum Gasteiger partial charge on any atom is 0.249 e. The summed E-state index contributed by atoms with van der Waals surface area (Å²) in [5.74, 6) is -0.966. The number of nitrogens with one attached hydrogen (secondary N) is 1. The Kier molecular flexibility index (Phi) is 4.74. The minimum Gasteiger partial charge on any atom is -0.394 e. The molecule has 1 saturated heterocycles. The Labute approximate surface area is 115 Å². The van der Waals surface area contributed by atoms with Gasteiger partial charge in [-0.05, 0) is 18.9 Å². The van der Waals surface area contributed by atoms with Crippen LogP contribution >= 0.6 is 11.6 Å². The molecule has 1 aliphatic rings. The van der Waals surface area contributed by atoms with Crippen molar-refractivity contribution in [1.29, 1.82) is 0 Å². The number of carbonyl (C=O) groups excluding carboxylic acids is 1. The van der Waals surface area contributed by atoms with Crippen molar-refractivity contribution < 1.29 is 19.0 Å². The summed E-state index contributed by atoms with van der Waals surface area (Å²) in [4.78, 5) is 11.9. The Hall–Kier alpha value is -1.17. The Morgan fingerprint density at radius 1 is 1.63 bits per heavy atom. The number of hydrogen-bond acceptors (Lipinski definition) is 3. The summed E-state index contributed by atoms with van der Waals surface area (Å²) in [5.41, 5.74) is 0.168. The van der Waals surface area contributed by atoms with Gasteiger partial charge in [0, 0.05) is 12.2 Å². The molecule has 0 saturated carbocycles. The third-order valence-electron chi connectivity index (χ3n) is 3.08. The smallest absolute Gasteiger partial charge is 0.249 e. The molecule has 0 aromatic heterocycles. The summed E-state index contributed by atoms with van der Waals surface area (Å²) in [5, 5.41) is 11.9. The van der Waals surface area contributed by atoms with Crippen LogP contribution in [0.25, 0.3) is 0 Å². The molecule has 1 fully saturated rings. The fraction of sp³-hybridized carbons (Fsp3) is 0.462. The van der Waals surface area contributed by atoms with Gasteiger partial charge in [-0.15, -0.1) is 0 Å². The van der Waals surface area contributed by atoms with Gasteiger partial charge in [-0.1, -0.05) is 23.7 Å². The monoisotopic (exact) mass is 287 g/mol.